The van der Waals surface area contributed by atoms with Crippen LogP contribution >= 0.6 is 23.4 Å². The average molecular weight is 982 g/mol. The molecule has 1 aromatic heterocycles. The number of thioether (sulfide) groups is 1. The van der Waals surface area contributed by atoms with E-state index in [1.165, 1.54) is 12.8 Å². The van der Waals surface area contributed by atoms with Gasteiger partial charge in [0, 0.05) is 81.9 Å². The van der Waals surface area contributed by atoms with Crippen LogP contribution < -0.4 is 25.1 Å². The van der Waals surface area contributed by atoms with Crippen molar-refractivity contribution in [1.82, 2.24) is 25.6 Å². The second kappa shape index (κ2) is 18.7. The first kappa shape index (κ1) is 47.8. The highest BCUT2D eigenvalue weighted by Gasteiger charge is 2.64. The first-order chi connectivity index (χ1) is 33.0. The Balaban J connectivity index is 0.695. The van der Waals surface area contributed by atoms with E-state index in [1.54, 1.807) is 30.6 Å². The lowest BCUT2D eigenvalue weighted by Gasteiger charge is -2.63. The smallest absolute Gasteiger partial charge is 0.307 e. The topological polar surface area (TPSA) is 177 Å². The number of carbonyl (C=O) groups is 1. The monoisotopic (exact) mass is 980 g/mol. The Bertz CT molecular complexity index is 2510. The minimum absolute atomic E-state index is 0.0629. The van der Waals surface area contributed by atoms with E-state index >= 15 is 0 Å². The molecule has 6 fully saturated rings. The normalized spacial score (nSPS) is 33.7. The van der Waals surface area contributed by atoms with E-state index in [2.05, 4.69) is 102 Å². The van der Waals surface area contributed by atoms with E-state index in [4.69, 9.17) is 30.8 Å². The van der Waals surface area contributed by atoms with Crippen LogP contribution in [0.15, 0.2) is 59.9 Å². The highest BCUT2D eigenvalue weighted by Crippen LogP contribution is 2.56. The second-order valence-electron chi connectivity index (χ2n) is 21.7. The molecular weight excluding hydrogens is 916 g/mol. The van der Waals surface area contributed by atoms with Gasteiger partial charge in [-0.15, -0.1) is 17.2 Å². The highest BCUT2D eigenvalue weighted by atomic mass is 35.5. The van der Waals surface area contributed by atoms with Gasteiger partial charge in [-0.25, -0.2) is 9.97 Å². The SMILES string of the molecule is CC1SC2C(C(c3ccc(OCC4CC(C5CCN(c6ncc(C(=O)NC7C(C)(C)C(Oc8ccc(C#N)c(Cl)c8)C7(C)C)cn6)CC5)C4)cc3)=N[C@@H](CC3OCC[N+]3=O)C3N[N+](=O)C(C)N23)C1C. The van der Waals surface area contributed by atoms with Crippen LogP contribution in [-0.4, -0.2) is 116 Å². The van der Waals surface area contributed by atoms with Crippen molar-refractivity contribution in [1.29, 1.82) is 5.26 Å². The summed E-state index contributed by atoms with van der Waals surface area (Å²) in [5.74, 6) is 4.20. The van der Waals surface area contributed by atoms with E-state index in [0.29, 0.717) is 82.9 Å². The van der Waals surface area contributed by atoms with Crippen molar-refractivity contribution in [2.45, 2.75) is 128 Å². The van der Waals surface area contributed by atoms with E-state index < -0.39 is 6.23 Å². The predicted molar refractivity (Wildman–Crippen MR) is 263 cm³/mol. The van der Waals surface area contributed by atoms with Crippen LogP contribution in [0.3, 0.4) is 0 Å². The molecule has 2 aromatic carbocycles. The summed E-state index contributed by atoms with van der Waals surface area (Å²) < 4.78 is 19.6. The molecule has 7 unspecified atom stereocenters. The fourth-order valence-electron chi connectivity index (χ4n) is 12.8. The summed E-state index contributed by atoms with van der Waals surface area (Å²) >= 11 is 8.19. The standard InChI is InChI=1S/C51H64ClN10O6S/c1-28-29(2)69-46-42(28)43(56-40(23-41-60(64)18-19-66-41)44-58-62(65)30(3)61(44)46)33-8-11-37(12-9-33)67-27-31-20-35(21-31)32-14-16-59(17-15-32)49-54-25-36(26-55-49)45(63)57-47-50(4,5)48(51(47,6)7)68-38-13-10-34(24-53)39(52)22-38/h8-13,22,25-26,28-32,35,40-42,44,46-48H,14-21,23,27H2,1-7H3,(H-,57,58,63,65)/q+1/p+1/t28?,29?,30?,31?,35?,40-,41?,42?,44?,46?,47?,48?/m0/s1. The Labute approximate surface area is 413 Å². The summed E-state index contributed by atoms with van der Waals surface area (Å²) in [6.07, 6.45) is 6.69. The first-order valence-corrected chi connectivity index (χ1v) is 26.1. The average Bonchev–Trinajstić information content (AvgIpc) is 3.94. The molecule has 6 heterocycles. The van der Waals surface area contributed by atoms with Gasteiger partial charge in [0.2, 0.25) is 12.5 Å². The number of hydrogen-bond donors (Lipinski definition) is 2. The molecule has 0 bridgehead atoms. The van der Waals surface area contributed by atoms with E-state index in [0.717, 1.165) is 52.6 Å². The number of rotatable bonds is 12. The number of aliphatic imine (C=N–C) groups is 1. The number of nitrogens with zero attached hydrogens (tertiary/aromatic N) is 8. The molecule has 69 heavy (non-hydrogen) atoms. The minimum atomic E-state index is -0.584. The van der Waals surface area contributed by atoms with Gasteiger partial charge in [0.15, 0.2) is 6.17 Å². The van der Waals surface area contributed by atoms with Gasteiger partial charge in [-0.2, -0.15) is 10.2 Å². The predicted octanol–water partition coefficient (Wildman–Crippen LogP) is 7.62. The number of carbonyl (C=O) groups excluding carboxylic acids is 1. The van der Waals surface area contributed by atoms with Crippen LogP contribution in [0.2, 0.25) is 5.02 Å². The van der Waals surface area contributed by atoms with Crippen molar-refractivity contribution in [2.75, 3.05) is 37.7 Å². The van der Waals surface area contributed by atoms with Crippen LogP contribution in [0, 0.1) is 61.6 Å². The maximum Gasteiger partial charge on any atom is 0.307 e. The molecule has 366 valence electrons. The third-order valence-corrected chi connectivity index (χ3v) is 18.7. The molecular formula is C51H65ClN10O6S+2. The highest BCUT2D eigenvalue weighted by molar-refractivity contribution is 8.00. The largest absolute Gasteiger partial charge is 0.493 e. The Hall–Kier alpha value is -4.89. The minimum Gasteiger partial charge on any atom is -0.493 e. The van der Waals surface area contributed by atoms with Crippen LogP contribution in [0.1, 0.15) is 102 Å². The Morgan fingerprint density at radius 1 is 1.01 bits per heavy atom. The number of benzene rings is 2. The zero-order valence-electron chi connectivity index (χ0n) is 40.6. The van der Waals surface area contributed by atoms with Gasteiger partial charge in [0.1, 0.15) is 35.1 Å². The molecule has 8 atom stereocenters. The molecule has 18 heteroatoms. The van der Waals surface area contributed by atoms with Gasteiger partial charge in [-0.1, -0.05) is 53.1 Å². The first-order valence-electron chi connectivity index (χ1n) is 24.8. The van der Waals surface area contributed by atoms with Crippen LogP contribution in [-0.2, 0) is 4.74 Å². The quantitative estimate of drug-likeness (QED) is 0.170. The van der Waals surface area contributed by atoms with Gasteiger partial charge < -0.3 is 24.4 Å². The van der Waals surface area contributed by atoms with Crippen molar-refractivity contribution in [2.24, 2.45) is 45.4 Å². The second-order valence-corrected chi connectivity index (χ2v) is 23.6. The van der Waals surface area contributed by atoms with E-state index in [9.17, 15) is 19.9 Å². The molecule has 2 aliphatic carbocycles. The van der Waals surface area contributed by atoms with E-state index in [1.807, 2.05) is 18.7 Å². The summed E-state index contributed by atoms with van der Waals surface area (Å²) in [5, 5.41) is 13.3. The number of halogens is 1. The number of nitrogens with one attached hydrogen (secondary N) is 2. The molecule has 2 saturated carbocycles. The molecule has 3 aromatic rings. The van der Waals surface area contributed by atoms with Crippen molar-refractivity contribution >= 4 is 40.9 Å². The van der Waals surface area contributed by atoms with Gasteiger partial charge in [0.05, 0.1) is 45.5 Å². The van der Waals surface area contributed by atoms with Gasteiger partial charge in [-0.05, 0) is 91.3 Å². The summed E-state index contributed by atoms with van der Waals surface area (Å²) in [7, 11) is 0. The fourth-order valence-corrected chi connectivity index (χ4v) is 14.9. The zero-order chi connectivity index (χ0) is 48.5. The van der Waals surface area contributed by atoms with Gasteiger partial charge in [0.25, 0.3) is 12.1 Å². The zero-order valence-corrected chi connectivity index (χ0v) is 42.2. The molecule has 5 aliphatic heterocycles. The fraction of sp³-hybridized carbons (Fsp3) is 0.627. The number of hydrogen-bond acceptors (Lipinski definition) is 13. The molecule has 7 aliphatic rings. The molecule has 2 N–H and O–H groups in total. The number of aromatic nitrogens is 2. The number of piperidine rings is 1. The molecule has 1 amide bonds. The number of nitroso groups, excluding NO2 is 2. The number of anilines is 1. The van der Waals surface area contributed by atoms with Crippen LogP contribution in [0.25, 0.3) is 0 Å². The van der Waals surface area contributed by atoms with E-state index in [-0.39, 0.29) is 58.5 Å². The molecule has 16 nitrogen and oxygen atoms in total. The van der Waals surface area contributed by atoms with Crippen molar-refractivity contribution in [3.8, 4) is 17.6 Å². The molecule has 0 radical (unpaired) electrons. The van der Waals surface area contributed by atoms with Crippen molar-refractivity contribution in [3.05, 3.63) is 86.4 Å². The Kier molecular flexibility index (Phi) is 12.9. The van der Waals surface area contributed by atoms with Gasteiger partial charge >= 0.3 is 6.23 Å². The van der Waals surface area contributed by atoms with Crippen molar-refractivity contribution < 1.29 is 28.6 Å². The Morgan fingerprint density at radius 2 is 1.71 bits per heavy atom. The number of nitriles is 1. The lowest BCUT2D eigenvalue weighted by Crippen LogP contribution is -2.74. The van der Waals surface area contributed by atoms with Crippen LogP contribution in [0.5, 0.6) is 11.5 Å². The molecule has 10 rings (SSSR count). The number of fused-ring (bicyclic) bond motifs is 3. The third kappa shape index (κ3) is 8.86. The number of hydrazine groups is 1. The van der Waals surface area contributed by atoms with Gasteiger partial charge in [-0.3, -0.25) is 9.79 Å². The lowest BCUT2D eigenvalue weighted by atomic mass is 9.49. The number of ether oxygens (including phenoxy) is 3. The summed E-state index contributed by atoms with van der Waals surface area (Å²) in [4.78, 5) is 59.4. The maximum absolute atomic E-state index is 13.5. The van der Waals surface area contributed by atoms with Crippen LogP contribution in [0.4, 0.5) is 5.95 Å². The maximum atomic E-state index is 13.5. The molecule has 0 spiro atoms. The van der Waals surface area contributed by atoms with Crippen molar-refractivity contribution in [3.63, 3.8) is 0 Å². The summed E-state index contributed by atoms with van der Waals surface area (Å²) in [6.45, 7) is 18.1. The third-order valence-electron chi connectivity index (χ3n) is 16.7. The number of amides is 1. The summed E-state index contributed by atoms with van der Waals surface area (Å²) in [6, 6.07) is 15.0. The Morgan fingerprint density at radius 3 is 2.36 bits per heavy atom. The molecule has 4 saturated heterocycles. The lowest BCUT2D eigenvalue weighted by molar-refractivity contribution is -0.626. The summed E-state index contributed by atoms with van der Waals surface area (Å²) in [5.41, 5.74) is 5.31.